The van der Waals surface area contributed by atoms with E-state index in [0.717, 1.165) is 12.8 Å². The van der Waals surface area contributed by atoms with Crippen molar-refractivity contribution < 1.29 is 14.1 Å². The van der Waals surface area contributed by atoms with E-state index in [1.54, 1.807) is 19.9 Å². The molecule has 0 saturated heterocycles. The van der Waals surface area contributed by atoms with E-state index < -0.39 is 6.04 Å². The van der Waals surface area contributed by atoms with Crippen molar-refractivity contribution in [3.05, 3.63) is 11.8 Å². The molecule has 100 valence electrons. The first-order chi connectivity index (χ1) is 8.52. The number of anilines is 1. The monoisotopic (exact) mass is 253 g/mol. The Morgan fingerprint density at radius 2 is 2.22 bits per heavy atom. The Bertz CT molecular complexity index is 414. The Morgan fingerprint density at radius 3 is 2.78 bits per heavy atom. The maximum Gasteiger partial charge on any atom is 0.247 e. The molecule has 1 aromatic rings. The molecule has 1 atom stereocenters. The first-order valence-corrected chi connectivity index (χ1v) is 6.06. The van der Waals surface area contributed by atoms with E-state index in [2.05, 4.69) is 15.8 Å². The third kappa shape index (κ3) is 4.57. The minimum atomic E-state index is -0.591. The fourth-order valence-corrected chi connectivity index (χ4v) is 1.38. The van der Waals surface area contributed by atoms with Gasteiger partial charge in [-0.3, -0.25) is 9.59 Å². The van der Waals surface area contributed by atoms with Gasteiger partial charge in [-0.25, -0.2) is 0 Å². The van der Waals surface area contributed by atoms with Crippen molar-refractivity contribution in [3.8, 4) is 0 Å². The van der Waals surface area contributed by atoms with Crippen LogP contribution >= 0.6 is 0 Å². The smallest absolute Gasteiger partial charge is 0.247 e. The zero-order chi connectivity index (χ0) is 13.5. The quantitative estimate of drug-likeness (QED) is 0.806. The van der Waals surface area contributed by atoms with Gasteiger partial charge in [0, 0.05) is 12.5 Å². The Morgan fingerprint density at radius 1 is 1.50 bits per heavy atom. The fourth-order valence-electron chi connectivity index (χ4n) is 1.38. The molecule has 0 aliphatic heterocycles. The summed E-state index contributed by atoms with van der Waals surface area (Å²) in [6, 6.07) is 1.02. The summed E-state index contributed by atoms with van der Waals surface area (Å²) in [6.45, 7) is 5.38. The summed E-state index contributed by atoms with van der Waals surface area (Å²) in [6.07, 6.45) is 2.21. The molecule has 0 aliphatic carbocycles. The molecular weight excluding hydrogens is 234 g/mol. The molecule has 1 heterocycles. The van der Waals surface area contributed by atoms with E-state index in [0.29, 0.717) is 18.0 Å². The summed E-state index contributed by atoms with van der Waals surface area (Å²) in [5, 5.41) is 8.84. The van der Waals surface area contributed by atoms with Crippen molar-refractivity contribution in [2.45, 2.75) is 46.1 Å². The van der Waals surface area contributed by atoms with Crippen LogP contribution in [0.4, 0.5) is 5.82 Å². The van der Waals surface area contributed by atoms with Gasteiger partial charge in [-0.05, 0) is 20.3 Å². The summed E-state index contributed by atoms with van der Waals surface area (Å²) >= 11 is 0. The van der Waals surface area contributed by atoms with Gasteiger partial charge in [-0.15, -0.1) is 0 Å². The average molecular weight is 253 g/mol. The molecule has 0 saturated carbocycles. The van der Waals surface area contributed by atoms with Crippen molar-refractivity contribution >= 4 is 17.6 Å². The predicted octanol–water partition coefficient (Wildman–Crippen LogP) is 1.62. The molecule has 0 spiro atoms. The standard InChI is InChI=1S/C12H19N3O3/c1-4-5-6-11(16)13-9(3)12(17)14-10-7-8(2)18-15-10/h7,9H,4-6H2,1-3H3,(H,13,16)(H,14,15,17)/t9-/m0/s1. The minimum Gasteiger partial charge on any atom is -0.360 e. The molecule has 6 heteroatoms. The topological polar surface area (TPSA) is 84.2 Å². The number of nitrogens with one attached hydrogen (secondary N) is 2. The number of hydrogen-bond acceptors (Lipinski definition) is 4. The highest BCUT2D eigenvalue weighted by Crippen LogP contribution is 2.07. The Balaban J connectivity index is 2.39. The average Bonchev–Trinajstić information content (AvgIpc) is 2.72. The minimum absolute atomic E-state index is 0.115. The van der Waals surface area contributed by atoms with Crippen molar-refractivity contribution in [3.63, 3.8) is 0 Å². The number of hydrogen-bond donors (Lipinski definition) is 2. The van der Waals surface area contributed by atoms with Gasteiger partial charge in [0.05, 0.1) is 0 Å². The molecule has 0 radical (unpaired) electrons. The van der Waals surface area contributed by atoms with Gasteiger partial charge >= 0.3 is 0 Å². The molecule has 0 aliphatic rings. The highest BCUT2D eigenvalue weighted by molar-refractivity contribution is 5.96. The van der Waals surface area contributed by atoms with Crippen LogP contribution in [0.1, 0.15) is 38.9 Å². The molecule has 0 bridgehead atoms. The fraction of sp³-hybridized carbons (Fsp3) is 0.583. The van der Waals surface area contributed by atoms with Crippen LogP contribution in [-0.4, -0.2) is 23.0 Å². The van der Waals surface area contributed by atoms with Crippen molar-refractivity contribution in [1.82, 2.24) is 10.5 Å². The van der Waals surface area contributed by atoms with E-state index in [4.69, 9.17) is 4.52 Å². The molecule has 1 aromatic heterocycles. The van der Waals surface area contributed by atoms with Crippen LogP contribution in [-0.2, 0) is 9.59 Å². The summed E-state index contributed by atoms with van der Waals surface area (Å²) in [5.41, 5.74) is 0. The van der Waals surface area contributed by atoms with Crippen LogP contribution < -0.4 is 10.6 Å². The maximum atomic E-state index is 11.7. The number of amides is 2. The Kier molecular flexibility index (Phi) is 5.35. The maximum absolute atomic E-state index is 11.7. The molecular formula is C12H19N3O3. The number of rotatable bonds is 6. The second kappa shape index (κ2) is 6.78. The van der Waals surface area contributed by atoms with Crippen LogP contribution in [0.15, 0.2) is 10.6 Å². The van der Waals surface area contributed by atoms with Gasteiger partial charge in [0.1, 0.15) is 11.8 Å². The lowest BCUT2D eigenvalue weighted by molar-refractivity contribution is -0.126. The lowest BCUT2D eigenvalue weighted by atomic mass is 10.2. The van der Waals surface area contributed by atoms with Crippen LogP contribution in [0.25, 0.3) is 0 Å². The highest BCUT2D eigenvalue weighted by atomic mass is 16.5. The van der Waals surface area contributed by atoms with E-state index >= 15 is 0 Å². The zero-order valence-electron chi connectivity index (χ0n) is 10.9. The van der Waals surface area contributed by atoms with Gasteiger partial charge in [-0.1, -0.05) is 18.5 Å². The predicted molar refractivity (Wildman–Crippen MR) is 67.0 cm³/mol. The van der Waals surface area contributed by atoms with Crippen molar-refractivity contribution in [2.24, 2.45) is 0 Å². The largest absolute Gasteiger partial charge is 0.360 e. The molecule has 1 rings (SSSR count). The van der Waals surface area contributed by atoms with E-state index in [1.165, 1.54) is 0 Å². The SMILES string of the molecule is CCCCC(=O)N[C@@H](C)C(=O)Nc1cc(C)on1. The summed E-state index contributed by atoms with van der Waals surface area (Å²) < 4.78 is 4.83. The summed E-state index contributed by atoms with van der Waals surface area (Å²) in [7, 11) is 0. The van der Waals surface area contributed by atoms with E-state index in [-0.39, 0.29) is 11.8 Å². The van der Waals surface area contributed by atoms with Gasteiger partial charge in [0.15, 0.2) is 5.82 Å². The number of nitrogens with zero attached hydrogens (tertiary/aromatic N) is 1. The summed E-state index contributed by atoms with van der Waals surface area (Å²) in [5.74, 6) is 0.543. The van der Waals surface area contributed by atoms with Crippen LogP contribution in [0.3, 0.4) is 0 Å². The molecule has 2 amide bonds. The number of unbranched alkanes of at least 4 members (excludes halogenated alkanes) is 1. The number of carbonyl (C=O) groups is 2. The zero-order valence-corrected chi connectivity index (χ0v) is 10.9. The molecule has 2 N–H and O–H groups in total. The Labute approximate surface area is 106 Å². The van der Waals surface area contributed by atoms with E-state index in [1.807, 2.05) is 6.92 Å². The lowest BCUT2D eigenvalue weighted by Gasteiger charge is -2.12. The first kappa shape index (κ1) is 14.2. The normalized spacial score (nSPS) is 11.9. The Hall–Kier alpha value is -1.85. The molecule has 6 nitrogen and oxygen atoms in total. The summed E-state index contributed by atoms with van der Waals surface area (Å²) in [4.78, 5) is 23.2. The number of carbonyl (C=O) groups excluding carboxylic acids is 2. The van der Waals surface area contributed by atoms with Gasteiger partial charge in [-0.2, -0.15) is 0 Å². The molecule has 18 heavy (non-hydrogen) atoms. The van der Waals surface area contributed by atoms with Crippen LogP contribution in [0.2, 0.25) is 0 Å². The first-order valence-electron chi connectivity index (χ1n) is 6.06. The van der Waals surface area contributed by atoms with Crippen LogP contribution in [0, 0.1) is 6.92 Å². The highest BCUT2D eigenvalue weighted by Gasteiger charge is 2.16. The van der Waals surface area contributed by atoms with E-state index in [9.17, 15) is 9.59 Å². The van der Waals surface area contributed by atoms with Gasteiger partial charge < -0.3 is 15.2 Å². The van der Waals surface area contributed by atoms with Crippen molar-refractivity contribution in [1.29, 1.82) is 0 Å². The van der Waals surface area contributed by atoms with Gasteiger partial charge in [0.25, 0.3) is 0 Å². The van der Waals surface area contributed by atoms with Crippen LogP contribution in [0.5, 0.6) is 0 Å². The third-order valence-corrected chi connectivity index (χ3v) is 2.41. The molecule has 0 aromatic carbocycles. The second-order valence-electron chi connectivity index (χ2n) is 4.20. The number of aryl methyl sites for hydroxylation is 1. The molecule has 0 unspecified atom stereocenters. The molecule has 0 fully saturated rings. The lowest BCUT2D eigenvalue weighted by Crippen LogP contribution is -2.41. The van der Waals surface area contributed by atoms with Crippen molar-refractivity contribution in [2.75, 3.05) is 5.32 Å². The third-order valence-electron chi connectivity index (χ3n) is 2.41. The second-order valence-corrected chi connectivity index (χ2v) is 4.20. The van der Waals surface area contributed by atoms with Gasteiger partial charge in [0.2, 0.25) is 11.8 Å². The number of aromatic nitrogens is 1.